The van der Waals surface area contributed by atoms with Gasteiger partial charge in [0.1, 0.15) is 18.5 Å². The predicted molar refractivity (Wildman–Crippen MR) is 320 cm³/mol. The molecule has 1 aliphatic rings. The molecule has 1 fully saturated rings. The van der Waals surface area contributed by atoms with Gasteiger partial charge >= 0.3 is 6.09 Å². The van der Waals surface area contributed by atoms with Crippen LogP contribution in [0.15, 0.2) is 169 Å². The largest absolute Gasteiger partial charge is 0.487 e. The molecule has 1 aromatic heterocycles. The van der Waals surface area contributed by atoms with Gasteiger partial charge in [0.15, 0.2) is 8.32 Å². The van der Waals surface area contributed by atoms with Crippen molar-refractivity contribution in [2.75, 3.05) is 56.9 Å². The Balaban J connectivity index is 0.826. The number of H-pyrrole nitrogens is 1. The van der Waals surface area contributed by atoms with Gasteiger partial charge in [0, 0.05) is 88.4 Å². The first-order valence-electron chi connectivity index (χ1n) is 27.8. The molecule has 414 valence electrons. The number of anilines is 2. The number of fused-ring (bicyclic) bond motifs is 1. The van der Waals surface area contributed by atoms with E-state index in [9.17, 15) is 19.2 Å². The van der Waals surface area contributed by atoms with E-state index in [0.29, 0.717) is 82.0 Å². The lowest BCUT2D eigenvalue weighted by atomic mass is 10.0. The SMILES string of the molecule is CN(CCCC(=O)Nc1cccc(CCN(Cc2ccccc2)C[C@@H](O[Si](C)(C)C(C)(C)C)c2ccc(OCc3ccccc3)c3[nH]c(=O)ccc23)c1)C(=O)CCN1CCC(OC(=O)Nc2ccccc2-c2ccccc2)CC1. The quantitative estimate of drug-likeness (QED) is 0.0504. The van der Waals surface area contributed by atoms with Crippen molar-refractivity contribution < 1.29 is 28.3 Å². The molecular formula is C65H78N6O7Si. The van der Waals surface area contributed by atoms with Crippen molar-refractivity contribution >= 4 is 48.5 Å². The number of pyridine rings is 1. The number of nitrogens with one attached hydrogen (secondary N) is 3. The number of amides is 3. The van der Waals surface area contributed by atoms with Crippen molar-refractivity contribution in [3.63, 3.8) is 0 Å². The number of carbonyl (C=O) groups excluding carboxylic acids is 3. The van der Waals surface area contributed by atoms with Crippen LogP contribution in [0.25, 0.3) is 22.0 Å². The smallest absolute Gasteiger partial charge is 0.411 e. The van der Waals surface area contributed by atoms with E-state index in [-0.39, 0.29) is 41.0 Å². The number of nitrogens with zero attached hydrogens (tertiary/aromatic N) is 3. The van der Waals surface area contributed by atoms with E-state index in [0.717, 1.165) is 58.4 Å². The zero-order valence-corrected chi connectivity index (χ0v) is 47.8. The lowest BCUT2D eigenvalue weighted by molar-refractivity contribution is -0.130. The Morgan fingerprint density at radius 1 is 0.747 bits per heavy atom. The van der Waals surface area contributed by atoms with Gasteiger partial charge in [-0.1, -0.05) is 148 Å². The molecule has 14 heteroatoms. The van der Waals surface area contributed by atoms with Crippen LogP contribution in [0.2, 0.25) is 18.1 Å². The van der Waals surface area contributed by atoms with Crippen LogP contribution in [0.5, 0.6) is 5.75 Å². The average Bonchev–Trinajstić information content (AvgIpc) is 3.57. The predicted octanol–water partition coefficient (Wildman–Crippen LogP) is 12.9. The van der Waals surface area contributed by atoms with Crippen molar-refractivity contribution in [1.29, 1.82) is 0 Å². The number of carbonyl (C=O) groups is 3. The number of likely N-dealkylation sites (tertiary alicyclic amines) is 1. The van der Waals surface area contributed by atoms with Gasteiger partial charge < -0.3 is 34.0 Å². The van der Waals surface area contributed by atoms with Crippen LogP contribution in [-0.2, 0) is 38.3 Å². The minimum Gasteiger partial charge on any atom is -0.487 e. The Kier molecular flexibility index (Phi) is 20.1. The molecule has 3 amide bonds. The molecule has 7 aromatic rings. The highest BCUT2D eigenvalue weighted by Crippen LogP contribution is 2.42. The van der Waals surface area contributed by atoms with Gasteiger partial charge in [-0.05, 0) is 102 Å². The molecule has 13 nitrogen and oxygen atoms in total. The second-order valence-electron chi connectivity index (χ2n) is 22.3. The first kappa shape index (κ1) is 57.8. The average molecular weight is 1080 g/mol. The lowest BCUT2D eigenvalue weighted by Gasteiger charge is -2.41. The fraction of sp³-hybridized carbons (Fsp3) is 0.354. The van der Waals surface area contributed by atoms with Gasteiger partial charge in [0.05, 0.1) is 17.3 Å². The van der Waals surface area contributed by atoms with Crippen LogP contribution < -0.4 is 20.9 Å². The summed E-state index contributed by atoms with van der Waals surface area (Å²) in [5.74, 6) is 0.545. The molecule has 0 spiro atoms. The molecule has 1 atom stereocenters. The summed E-state index contributed by atoms with van der Waals surface area (Å²) in [6.45, 7) is 16.3. The summed E-state index contributed by atoms with van der Waals surface area (Å²) in [5.41, 5.74) is 8.14. The van der Waals surface area contributed by atoms with Crippen molar-refractivity contribution in [2.24, 2.45) is 0 Å². The Bertz CT molecular complexity index is 3160. The highest BCUT2D eigenvalue weighted by Gasteiger charge is 2.40. The van der Waals surface area contributed by atoms with Crippen LogP contribution in [-0.4, -0.2) is 98.3 Å². The zero-order valence-electron chi connectivity index (χ0n) is 46.8. The molecule has 1 saturated heterocycles. The highest BCUT2D eigenvalue weighted by molar-refractivity contribution is 6.74. The Morgan fingerprint density at radius 3 is 2.14 bits per heavy atom. The summed E-state index contributed by atoms with van der Waals surface area (Å²) in [5, 5.41) is 6.87. The number of para-hydroxylation sites is 1. The molecule has 0 radical (unpaired) electrons. The molecule has 0 saturated carbocycles. The molecule has 8 rings (SSSR count). The third-order valence-electron chi connectivity index (χ3n) is 15.3. The molecule has 2 heterocycles. The van der Waals surface area contributed by atoms with E-state index in [1.165, 1.54) is 5.56 Å². The zero-order chi connectivity index (χ0) is 55.8. The van der Waals surface area contributed by atoms with Crippen molar-refractivity contribution in [1.82, 2.24) is 19.7 Å². The summed E-state index contributed by atoms with van der Waals surface area (Å²) >= 11 is 0. The number of hydrogen-bond donors (Lipinski definition) is 3. The molecule has 3 N–H and O–H groups in total. The van der Waals surface area contributed by atoms with E-state index in [4.69, 9.17) is 13.9 Å². The van der Waals surface area contributed by atoms with Gasteiger partial charge in [-0.25, -0.2) is 4.79 Å². The molecule has 0 aliphatic carbocycles. The van der Waals surface area contributed by atoms with Crippen molar-refractivity contribution in [3.8, 4) is 16.9 Å². The van der Waals surface area contributed by atoms with E-state index >= 15 is 0 Å². The number of aromatic amines is 1. The second-order valence-corrected chi connectivity index (χ2v) is 27.0. The first-order chi connectivity index (χ1) is 38.1. The molecule has 79 heavy (non-hydrogen) atoms. The summed E-state index contributed by atoms with van der Waals surface area (Å²) < 4.78 is 19.6. The highest BCUT2D eigenvalue weighted by atomic mass is 28.4. The maximum Gasteiger partial charge on any atom is 0.411 e. The number of ether oxygens (including phenoxy) is 2. The summed E-state index contributed by atoms with van der Waals surface area (Å²) in [6, 6.07) is 53.7. The molecular weight excluding hydrogens is 1000 g/mol. The monoisotopic (exact) mass is 1080 g/mol. The van der Waals surface area contributed by atoms with Gasteiger partial charge in [0.2, 0.25) is 17.4 Å². The van der Waals surface area contributed by atoms with Crippen LogP contribution in [0, 0.1) is 0 Å². The molecule has 0 unspecified atom stereocenters. The maximum absolute atomic E-state index is 13.3. The van der Waals surface area contributed by atoms with E-state index in [1.807, 2.05) is 121 Å². The fourth-order valence-electron chi connectivity index (χ4n) is 9.79. The Labute approximate surface area is 467 Å². The van der Waals surface area contributed by atoms with E-state index in [2.05, 4.69) is 95.7 Å². The maximum atomic E-state index is 13.3. The standard InChI is InChI=1S/C65H78N6O7Si/c1-65(2,3)79(5,6)78-59(55-31-33-58(63-56(55)32-34-61(73)68-63)76-47-50-22-12-8-13-23-50)46-71(45-49-20-10-7-11-21-49)40-35-48-24-18-27-52(44-48)66-60(72)30-19-39-69(4)62(74)38-43-70-41-36-53(37-42-70)77-64(75)67-57-29-17-16-28-54(57)51-25-14-9-15-26-51/h7-18,20-29,31-34,44,53,59H,19,30,35-43,45-47H2,1-6H3,(H,66,72)(H,67,75)(H,68,73)/t59-/m1/s1. The molecule has 6 aromatic carbocycles. The summed E-state index contributed by atoms with van der Waals surface area (Å²) in [7, 11) is -0.554. The normalized spacial score (nSPS) is 13.7. The minimum atomic E-state index is -2.35. The summed E-state index contributed by atoms with van der Waals surface area (Å²) in [4.78, 5) is 61.8. The third-order valence-corrected chi connectivity index (χ3v) is 19.8. The van der Waals surface area contributed by atoms with Crippen LogP contribution in [0.3, 0.4) is 0 Å². The number of rotatable bonds is 24. The van der Waals surface area contributed by atoms with Crippen LogP contribution in [0.1, 0.15) is 81.2 Å². The topological polar surface area (TPSA) is 146 Å². The van der Waals surface area contributed by atoms with Crippen molar-refractivity contribution in [2.45, 2.75) is 103 Å². The van der Waals surface area contributed by atoms with Crippen LogP contribution in [0.4, 0.5) is 16.2 Å². The van der Waals surface area contributed by atoms with E-state index < -0.39 is 14.4 Å². The number of piperidine rings is 1. The lowest BCUT2D eigenvalue weighted by Crippen LogP contribution is -2.44. The van der Waals surface area contributed by atoms with E-state index in [1.54, 1.807) is 18.0 Å². The van der Waals surface area contributed by atoms with Gasteiger partial charge in [-0.3, -0.25) is 24.6 Å². The van der Waals surface area contributed by atoms with Gasteiger partial charge in [-0.15, -0.1) is 0 Å². The number of benzene rings is 6. The third kappa shape index (κ3) is 16.8. The van der Waals surface area contributed by atoms with Gasteiger partial charge in [0.25, 0.3) is 0 Å². The Morgan fingerprint density at radius 2 is 1.42 bits per heavy atom. The number of hydrogen-bond acceptors (Lipinski definition) is 9. The first-order valence-corrected chi connectivity index (χ1v) is 30.7. The van der Waals surface area contributed by atoms with Crippen molar-refractivity contribution in [3.05, 3.63) is 196 Å². The fourth-order valence-corrected chi connectivity index (χ4v) is 11.1. The molecule has 0 bridgehead atoms. The Hall–Kier alpha value is -7.36. The summed E-state index contributed by atoms with van der Waals surface area (Å²) in [6.07, 6.45) is 2.32. The molecule has 1 aliphatic heterocycles. The van der Waals surface area contributed by atoms with Gasteiger partial charge in [-0.2, -0.15) is 0 Å². The number of aromatic nitrogens is 1. The van der Waals surface area contributed by atoms with Crippen LogP contribution >= 0.6 is 0 Å². The minimum absolute atomic E-state index is 0.0360. The second kappa shape index (κ2) is 27.5.